The third-order valence-electron chi connectivity index (χ3n) is 3.37. The molecule has 0 bridgehead atoms. The summed E-state index contributed by atoms with van der Waals surface area (Å²) in [5.41, 5.74) is 4.26. The van der Waals surface area contributed by atoms with E-state index < -0.39 is 0 Å². The lowest BCUT2D eigenvalue weighted by molar-refractivity contribution is 0.579. The lowest BCUT2D eigenvalue weighted by Crippen LogP contribution is -2.25. The van der Waals surface area contributed by atoms with Gasteiger partial charge in [0.15, 0.2) is 0 Å². The topological polar surface area (TPSA) is 42.7 Å². The third kappa shape index (κ3) is 2.01. The highest BCUT2D eigenvalue weighted by atomic mass is 19.1. The number of nitrogens with one attached hydrogen (secondary N) is 1. The summed E-state index contributed by atoms with van der Waals surface area (Å²) in [5.74, 6) is -0.193. The van der Waals surface area contributed by atoms with E-state index in [1.807, 2.05) is 17.7 Å². The Morgan fingerprint density at radius 1 is 1.44 bits per heavy atom. The van der Waals surface area contributed by atoms with Crippen molar-refractivity contribution in [3.8, 4) is 0 Å². The van der Waals surface area contributed by atoms with Crippen LogP contribution in [0.15, 0.2) is 18.2 Å². The predicted octanol–water partition coefficient (Wildman–Crippen LogP) is 1.42. The highest BCUT2D eigenvalue weighted by molar-refractivity contribution is 5.27. The van der Waals surface area contributed by atoms with Gasteiger partial charge in [-0.15, -0.1) is 5.10 Å². The van der Waals surface area contributed by atoms with Crippen LogP contribution in [0.2, 0.25) is 0 Å². The van der Waals surface area contributed by atoms with Gasteiger partial charge in [0.25, 0.3) is 0 Å². The van der Waals surface area contributed by atoms with Crippen LogP contribution in [0.25, 0.3) is 0 Å². The van der Waals surface area contributed by atoms with Gasteiger partial charge < -0.3 is 5.32 Å². The van der Waals surface area contributed by atoms with Crippen LogP contribution in [0, 0.1) is 12.7 Å². The minimum Gasteiger partial charge on any atom is -0.311 e. The molecule has 0 spiro atoms. The number of hydrogen-bond donors (Lipinski definition) is 1. The van der Waals surface area contributed by atoms with Gasteiger partial charge in [0.05, 0.1) is 17.9 Å². The van der Waals surface area contributed by atoms with Crippen molar-refractivity contribution in [2.75, 3.05) is 6.54 Å². The predicted molar refractivity (Wildman–Crippen MR) is 65.7 cm³/mol. The Hall–Kier alpha value is -1.75. The Morgan fingerprint density at radius 2 is 2.33 bits per heavy atom. The van der Waals surface area contributed by atoms with Crippen molar-refractivity contribution < 1.29 is 4.39 Å². The van der Waals surface area contributed by atoms with Crippen LogP contribution < -0.4 is 5.32 Å². The van der Waals surface area contributed by atoms with Crippen LogP contribution in [-0.4, -0.2) is 21.5 Å². The van der Waals surface area contributed by atoms with Gasteiger partial charge in [-0.1, -0.05) is 11.3 Å². The number of fused-ring (bicyclic) bond motifs is 1. The SMILES string of the molecule is Cc1cc(F)ccc1Cn1nnc2c1CCNC2. The van der Waals surface area contributed by atoms with Gasteiger partial charge in [-0.3, -0.25) is 0 Å². The van der Waals surface area contributed by atoms with Crippen LogP contribution in [0.5, 0.6) is 0 Å². The first-order valence-electron chi connectivity index (χ1n) is 6.11. The van der Waals surface area contributed by atoms with Crippen molar-refractivity contribution in [1.82, 2.24) is 20.3 Å². The number of aromatic nitrogens is 3. The van der Waals surface area contributed by atoms with Gasteiger partial charge in [0.2, 0.25) is 0 Å². The maximum atomic E-state index is 13.1. The van der Waals surface area contributed by atoms with E-state index in [1.165, 1.54) is 11.8 Å². The second kappa shape index (κ2) is 4.49. The molecule has 5 heteroatoms. The van der Waals surface area contributed by atoms with Crippen molar-refractivity contribution in [1.29, 1.82) is 0 Å². The molecule has 1 N–H and O–H groups in total. The summed E-state index contributed by atoms with van der Waals surface area (Å²) in [6.45, 7) is 4.33. The summed E-state index contributed by atoms with van der Waals surface area (Å²) >= 11 is 0. The van der Waals surface area contributed by atoms with E-state index in [0.29, 0.717) is 6.54 Å². The zero-order valence-corrected chi connectivity index (χ0v) is 10.3. The molecule has 0 atom stereocenters. The Balaban J connectivity index is 1.90. The van der Waals surface area contributed by atoms with E-state index in [1.54, 1.807) is 6.07 Å². The lowest BCUT2D eigenvalue weighted by Gasteiger charge is -2.14. The fraction of sp³-hybridized carbons (Fsp3) is 0.385. The van der Waals surface area contributed by atoms with Gasteiger partial charge in [0, 0.05) is 19.5 Å². The van der Waals surface area contributed by atoms with Crippen molar-refractivity contribution in [3.05, 3.63) is 46.5 Å². The molecule has 0 fully saturated rings. The van der Waals surface area contributed by atoms with Crippen molar-refractivity contribution in [3.63, 3.8) is 0 Å². The van der Waals surface area contributed by atoms with E-state index in [9.17, 15) is 4.39 Å². The van der Waals surface area contributed by atoms with Gasteiger partial charge >= 0.3 is 0 Å². The van der Waals surface area contributed by atoms with Crippen LogP contribution >= 0.6 is 0 Å². The molecular formula is C13H15FN4. The fourth-order valence-electron chi connectivity index (χ4n) is 2.32. The standard InChI is InChI=1S/C13H15FN4/c1-9-6-11(14)3-2-10(9)8-18-13-4-5-15-7-12(13)16-17-18/h2-3,6,15H,4-5,7-8H2,1H3. The minimum atomic E-state index is -0.193. The Morgan fingerprint density at radius 3 is 3.17 bits per heavy atom. The summed E-state index contributed by atoms with van der Waals surface area (Å²) in [6.07, 6.45) is 0.947. The van der Waals surface area contributed by atoms with Gasteiger partial charge in [0.1, 0.15) is 5.82 Å². The number of benzene rings is 1. The van der Waals surface area contributed by atoms with Gasteiger partial charge in [-0.25, -0.2) is 9.07 Å². The molecule has 0 saturated carbocycles. The number of rotatable bonds is 2. The molecule has 2 aromatic rings. The summed E-state index contributed by atoms with van der Waals surface area (Å²) in [5, 5.41) is 11.6. The normalized spacial score (nSPS) is 14.6. The smallest absolute Gasteiger partial charge is 0.123 e. The maximum Gasteiger partial charge on any atom is 0.123 e. The molecule has 3 rings (SSSR count). The number of nitrogens with zero attached hydrogens (tertiary/aromatic N) is 3. The summed E-state index contributed by atoms with van der Waals surface area (Å²) in [4.78, 5) is 0. The molecule has 18 heavy (non-hydrogen) atoms. The Labute approximate surface area is 105 Å². The Bertz CT molecular complexity index is 576. The average Bonchev–Trinajstić information content (AvgIpc) is 2.76. The van der Waals surface area contributed by atoms with E-state index in [0.717, 1.165) is 36.3 Å². The molecule has 0 saturated heterocycles. The molecule has 1 aliphatic heterocycles. The number of hydrogen-bond acceptors (Lipinski definition) is 3. The average molecular weight is 246 g/mol. The monoisotopic (exact) mass is 246 g/mol. The first-order valence-corrected chi connectivity index (χ1v) is 6.11. The lowest BCUT2D eigenvalue weighted by atomic mass is 10.1. The van der Waals surface area contributed by atoms with Crippen LogP contribution in [0.1, 0.15) is 22.5 Å². The van der Waals surface area contributed by atoms with E-state index >= 15 is 0 Å². The quantitative estimate of drug-likeness (QED) is 0.871. The Kier molecular flexibility index (Phi) is 2.83. The van der Waals surface area contributed by atoms with Crippen LogP contribution in [-0.2, 0) is 19.5 Å². The van der Waals surface area contributed by atoms with E-state index in [4.69, 9.17) is 0 Å². The summed E-state index contributed by atoms with van der Waals surface area (Å²) in [6, 6.07) is 4.87. The first-order chi connectivity index (χ1) is 8.74. The zero-order valence-electron chi connectivity index (χ0n) is 10.3. The molecule has 1 aliphatic rings. The maximum absolute atomic E-state index is 13.1. The van der Waals surface area contributed by atoms with Crippen molar-refractivity contribution in [2.24, 2.45) is 0 Å². The molecule has 4 nitrogen and oxygen atoms in total. The molecule has 0 radical (unpaired) electrons. The highest BCUT2D eigenvalue weighted by Gasteiger charge is 2.16. The molecule has 1 aromatic heterocycles. The summed E-state index contributed by atoms with van der Waals surface area (Å²) in [7, 11) is 0. The highest BCUT2D eigenvalue weighted by Crippen LogP contribution is 2.15. The van der Waals surface area contributed by atoms with Crippen LogP contribution in [0.3, 0.4) is 0 Å². The van der Waals surface area contributed by atoms with Gasteiger partial charge in [-0.2, -0.15) is 0 Å². The van der Waals surface area contributed by atoms with Crippen molar-refractivity contribution >= 4 is 0 Å². The molecule has 2 heterocycles. The zero-order chi connectivity index (χ0) is 12.5. The molecule has 1 aromatic carbocycles. The second-order valence-electron chi connectivity index (χ2n) is 4.64. The molecular weight excluding hydrogens is 231 g/mol. The first kappa shape index (κ1) is 11.3. The number of aryl methyl sites for hydroxylation is 1. The molecule has 94 valence electrons. The molecule has 0 unspecified atom stereocenters. The van der Waals surface area contributed by atoms with Gasteiger partial charge in [-0.05, 0) is 30.2 Å². The molecule has 0 amide bonds. The molecule has 0 aliphatic carbocycles. The van der Waals surface area contributed by atoms with Crippen molar-refractivity contribution in [2.45, 2.75) is 26.4 Å². The fourth-order valence-corrected chi connectivity index (χ4v) is 2.32. The number of halogens is 1. The summed E-state index contributed by atoms with van der Waals surface area (Å²) < 4.78 is 15.0. The van der Waals surface area contributed by atoms with Crippen LogP contribution in [0.4, 0.5) is 4.39 Å². The van der Waals surface area contributed by atoms with E-state index in [-0.39, 0.29) is 5.82 Å². The van der Waals surface area contributed by atoms with E-state index in [2.05, 4.69) is 15.6 Å². The third-order valence-corrected chi connectivity index (χ3v) is 3.37. The largest absolute Gasteiger partial charge is 0.311 e. The second-order valence-corrected chi connectivity index (χ2v) is 4.64. The minimum absolute atomic E-state index is 0.193.